The van der Waals surface area contributed by atoms with E-state index in [0.717, 1.165) is 17.8 Å². The Hall–Kier alpha value is -0.0800. The second kappa shape index (κ2) is 6.33. The second-order valence-electron chi connectivity index (χ2n) is 11.0. The molecule has 0 N–H and O–H groups in total. The summed E-state index contributed by atoms with van der Waals surface area (Å²) in [6, 6.07) is 0. The van der Waals surface area contributed by atoms with Crippen LogP contribution in [0, 0.1) is 23.2 Å². The van der Waals surface area contributed by atoms with Crippen molar-refractivity contribution in [2.24, 2.45) is 23.2 Å². The minimum atomic E-state index is 0.349. The third kappa shape index (κ3) is 4.31. The molecule has 2 fully saturated rings. The molecule has 2 saturated heterocycles. The van der Waals surface area contributed by atoms with Crippen LogP contribution in [0.1, 0.15) is 75.2 Å². The van der Waals surface area contributed by atoms with Gasteiger partial charge < -0.3 is 0 Å². The summed E-state index contributed by atoms with van der Waals surface area (Å²) < 4.78 is 0. The van der Waals surface area contributed by atoms with Gasteiger partial charge in [-0.25, -0.2) is 0 Å². The van der Waals surface area contributed by atoms with Crippen molar-refractivity contribution in [1.82, 2.24) is 9.80 Å². The van der Waals surface area contributed by atoms with E-state index in [1.54, 1.807) is 0 Å². The van der Waals surface area contributed by atoms with E-state index >= 15 is 0 Å². The molecule has 2 rings (SSSR count). The van der Waals surface area contributed by atoms with Gasteiger partial charge >= 0.3 is 0 Å². The van der Waals surface area contributed by atoms with Gasteiger partial charge in [0.2, 0.25) is 0 Å². The summed E-state index contributed by atoms with van der Waals surface area (Å²) in [4.78, 5) is 5.42. The summed E-state index contributed by atoms with van der Waals surface area (Å²) in [5.74, 6) is 2.64. The van der Waals surface area contributed by atoms with E-state index in [4.69, 9.17) is 0 Å². The number of hydrogen-bond acceptors (Lipinski definition) is 2. The summed E-state index contributed by atoms with van der Waals surface area (Å²) in [7, 11) is 0. The lowest BCUT2D eigenvalue weighted by Gasteiger charge is -2.55. The molecule has 0 aromatic rings. The van der Waals surface area contributed by atoms with Gasteiger partial charge in [0.1, 0.15) is 0 Å². The molecule has 2 aliphatic heterocycles. The van der Waals surface area contributed by atoms with Crippen molar-refractivity contribution in [2.45, 2.75) is 86.2 Å². The van der Waals surface area contributed by atoms with Gasteiger partial charge in [0.05, 0.1) is 0 Å². The number of rotatable bonds is 6. The van der Waals surface area contributed by atoms with Crippen molar-refractivity contribution < 1.29 is 0 Å². The molecule has 0 amide bonds. The molecule has 0 aromatic carbocycles. The number of nitrogens with zero attached hydrogens (tertiary/aromatic N) is 2. The second-order valence-corrected chi connectivity index (χ2v) is 11.0. The Labute approximate surface area is 146 Å². The van der Waals surface area contributed by atoms with E-state index in [1.807, 2.05) is 0 Å². The van der Waals surface area contributed by atoms with Crippen molar-refractivity contribution >= 4 is 0 Å². The van der Waals surface area contributed by atoms with E-state index in [2.05, 4.69) is 72.1 Å². The zero-order valence-corrected chi connectivity index (χ0v) is 17.4. The van der Waals surface area contributed by atoms with Gasteiger partial charge in [0.15, 0.2) is 0 Å². The number of hydrogen-bond donors (Lipinski definition) is 0. The topological polar surface area (TPSA) is 6.48 Å². The van der Waals surface area contributed by atoms with Gasteiger partial charge in [0.25, 0.3) is 0 Å². The van der Waals surface area contributed by atoms with Crippen molar-refractivity contribution in [2.75, 3.05) is 26.2 Å². The van der Waals surface area contributed by atoms with Crippen LogP contribution in [-0.2, 0) is 0 Å². The smallest absolute Gasteiger partial charge is 0.0154 e. The summed E-state index contributed by atoms with van der Waals surface area (Å²) in [6.07, 6.45) is 2.61. The maximum absolute atomic E-state index is 2.71. The predicted octanol–water partition coefficient (Wildman–Crippen LogP) is 4.89. The molecule has 136 valence electrons. The van der Waals surface area contributed by atoms with Gasteiger partial charge in [-0.2, -0.15) is 0 Å². The van der Waals surface area contributed by atoms with Crippen molar-refractivity contribution in [3.8, 4) is 0 Å². The van der Waals surface area contributed by atoms with Crippen LogP contribution >= 0.6 is 0 Å². The molecule has 2 nitrogen and oxygen atoms in total. The van der Waals surface area contributed by atoms with E-state index in [1.165, 1.54) is 39.0 Å². The van der Waals surface area contributed by atoms with Crippen LogP contribution in [-0.4, -0.2) is 47.1 Å². The molecule has 0 aromatic heterocycles. The Morgan fingerprint density at radius 2 is 1.13 bits per heavy atom. The maximum atomic E-state index is 2.71. The van der Waals surface area contributed by atoms with Gasteiger partial charge in [-0.05, 0) is 63.7 Å². The molecule has 23 heavy (non-hydrogen) atoms. The van der Waals surface area contributed by atoms with Crippen LogP contribution < -0.4 is 0 Å². The van der Waals surface area contributed by atoms with Crippen LogP contribution in [0.15, 0.2) is 0 Å². The number of likely N-dealkylation sites (tertiary alicyclic amines) is 2. The largest absolute Gasteiger partial charge is 0.298 e. The monoisotopic (exact) mass is 322 g/mol. The molecule has 0 atom stereocenters. The highest BCUT2D eigenvalue weighted by Gasteiger charge is 2.44. The summed E-state index contributed by atoms with van der Waals surface area (Å²) in [5.41, 5.74) is 1.17. The highest BCUT2D eigenvalue weighted by molar-refractivity contribution is 4.98. The van der Waals surface area contributed by atoms with Crippen LogP contribution in [0.25, 0.3) is 0 Å². The van der Waals surface area contributed by atoms with E-state index < -0.39 is 0 Å². The van der Waals surface area contributed by atoms with Gasteiger partial charge in [-0.1, -0.05) is 34.6 Å². The Kier molecular flexibility index (Phi) is 5.30. The molecule has 0 aliphatic carbocycles. The zero-order chi connectivity index (χ0) is 17.6. The first-order valence-corrected chi connectivity index (χ1v) is 9.83. The lowest BCUT2D eigenvalue weighted by molar-refractivity contribution is -0.0605. The normalized spacial score (nSPS) is 23.2. The average molecular weight is 323 g/mol. The molecular weight excluding hydrogens is 280 g/mol. The molecule has 0 spiro atoms. The van der Waals surface area contributed by atoms with Crippen LogP contribution in [0.4, 0.5) is 0 Å². The van der Waals surface area contributed by atoms with Crippen molar-refractivity contribution in [3.05, 3.63) is 0 Å². The minimum absolute atomic E-state index is 0.349. The zero-order valence-electron chi connectivity index (χ0n) is 17.4. The highest BCUT2D eigenvalue weighted by atomic mass is 15.3. The highest BCUT2D eigenvalue weighted by Crippen LogP contribution is 2.40. The quantitative estimate of drug-likeness (QED) is 0.687. The first-order valence-electron chi connectivity index (χ1n) is 9.83. The average Bonchev–Trinajstić information content (AvgIpc) is 2.18. The molecule has 2 heteroatoms. The van der Waals surface area contributed by atoms with Crippen molar-refractivity contribution in [1.29, 1.82) is 0 Å². The third-order valence-corrected chi connectivity index (χ3v) is 7.02. The van der Waals surface area contributed by atoms with Crippen LogP contribution in [0.3, 0.4) is 0 Å². The first-order chi connectivity index (χ1) is 10.3. The van der Waals surface area contributed by atoms with Gasteiger partial charge in [0, 0.05) is 37.3 Å². The SMILES string of the molecule is CC(C)C1CN(C(C)(C)CCC(C)(C)N2CC(C(C)(C)C)C2)C1. The Bertz CT molecular complexity index is 391. The maximum Gasteiger partial charge on any atom is 0.0154 e. The third-order valence-electron chi connectivity index (χ3n) is 7.02. The Morgan fingerprint density at radius 1 is 0.739 bits per heavy atom. The van der Waals surface area contributed by atoms with E-state index in [9.17, 15) is 0 Å². The molecule has 0 unspecified atom stereocenters. The van der Waals surface area contributed by atoms with Crippen molar-refractivity contribution in [3.63, 3.8) is 0 Å². The lowest BCUT2D eigenvalue weighted by atomic mass is 9.73. The molecule has 0 radical (unpaired) electrons. The summed E-state index contributed by atoms with van der Waals surface area (Å²) in [5, 5.41) is 0. The minimum Gasteiger partial charge on any atom is -0.298 e. The van der Waals surface area contributed by atoms with E-state index in [-0.39, 0.29) is 0 Å². The van der Waals surface area contributed by atoms with Crippen LogP contribution in [0.5, 0.6) is 0 Å². The standard InChI is InChI=1S/C21H42N2/c1-16(2)17-12-22(13-17)20(6,7)10-11-21(8,9)23-14-18(15-23)19(3,4)5/h16-18H,10-15H2,1-9H3. The predicted molar refractivity (Wildman–Crippen MR) is 102 cm³/mol. The fraction of sp³-hybridized carbons (Fsp3) is 1.00. The molecular formula is C21H42N2. The molecule has 2 heterocycles. The van der Waals surface area contributed by atoms with Gasteiger partial charge in [-0.3, -0.25) is 9.80 Å². The Morgan fingerprint density at radius 3 is 1.48 bits per heavy atom. The Balaban J connectivity index is 1.78. The fourth-order valence-electron chi connectivity index (χ4n) is 3.88. The molecule has 2 aliphatic rings. The first kappa shape index (κ1) is 19.2. The molecule has 0 bridgehead atoms. The molecule has 0 saturated carbocycles. The lowest BCUT2D eigenvalue weighted by Crippen LogP contribution is -2.62. The van der Waals surface area contributed by atoms with Gasteiger partial charge in [-0.15, -0.1) is 0 Å². The summed E-state index contributed by atoms with van der Waals surface area (Å²) in [6.45, 7) is 26.9. The van der Waals surface area contributed by atoms with Crippen LogP contribution in [0.2, 0.25) is 0 Å². The summed E-state index contributed by atoms with van der Waals surface area (Å²) >= 11 is 0. The fourth-order valence-corrected chi connectivity index (χ4v) is 3.88. The van der Waals surface area contributed by atoms with E-state index in [0.29, 0.717) is 16.5 Å².